The fraction of sp³-hybridized carbons (Fsp3) is 0.625. The van der Waals surface area contributed by atoms with Crippen molar-refractivity contribution in [2.75, 3.05) is 38.7 Å². The number of nitrogens with zero attached hydrogens (tertiary/aromatic N) is 3. The van der Waals surface area contributed by atoms with Crippen molar-refractivity contribution in [2.45, 2.75) is 32.2 Å². The zero-order valence-electron chi connectivity index (χ0n) is 12.9. The molecule has 1 aromatic heterocycles. The van der Waals surface area contributed by atoms with Gasteiger partial charge < -0.3 is 15.0 Å². The average molecular weight is 288 g/mol. The molecule has 1 aromatic rings. The van der Waals surface area contributed by atoms with Crippen LogP contribution in [0, 0.1) is 18.3 Å². The Hall–Kier alpha value is -1.64. The van der Waals surface area contributed by atoms with Crippen LogP contribution in [-0.4, -0.2) is 49.3 Å². The Balaban J connectivity index is 1.80. The molecule has 1 N–H and O–H groups in total. The number of hydrogen-bond acceptors (Lipinski definition) is 5. The molecule has 1 aliphatic rings. The topological polar surface area (TPSA) is 61.2 Å². The summed E-state index contributed by atoms with van der Waals surface area (Å²) in [6, 6.07) is 6.50. The van der Waals surface area contributed by atoms with Gasteiger partial charge in [-0.2, -0.15) is 5.26 Å². The maximum Gasteiger partial charge on any atom is 0.145 e. The number of likely N-dealkylation sites (tertiary alicyclic amines) is 1. The Labute approximate surface area is 126 Å². The van der Waals surface area contributed by atoms with E-state index in [9.17, 15) is 0 Å². The molecule has 2 heterocycles. The molecule has 1 aliphatic heterocycles. The Kier molecular flexibility index (Phi) is 5.97. The summed E-state index contributed by atoms with van der Waals surface area (Å²) in [6.07, 6.45) is 3.33. The summed E-state index contributed by atoms with van der Waals surface area (Å²) in [5.41, 5.74) is 1.44. The van der Waals surface area contributed by atoms with Crippen LogP contribution in [0.25, 0.3) is 0 Å². The highest BCUT2D eigenvalue weighted by Gasteiger charge is 2.19. The predicted molar refractivity (Wildman–Crippen MR) is 83.3 cm³/mol. The lowest BCUT2D eigenvalue weighted by Crippen LogP contribution is -2.39. The van der Waals surface area contributed by atoms with Gasteiger partial charge in [-0.05, 0) is 37.8 Å². The van der Waals surface area contributed by atoms with Crippen molar-refractivity contribution < 1.29 is 4.74 Å². The molecule has 0 saturated carbocycles. The second-order valence-corrected chi connectivity index (χ2v) is 5.58. The monoisotopic (exact) mass is 288 g/mol. The minimum atomic E-state index is 0.449. The van der Waals surface area contributed by atoms with E-state index in [1.807, 2.05) is 19.1 Å². The lowest BCUT2D eigenvalue weighted by molar-refractivity contribution is 0.159. The molecule has 1 fully saturated rings. The summed E-state index contributed by atoms with van der Waals surface area (Å²) in [5, 5.41) is 12.5. The molecule has 0 spiro atoms. The van der Waals surface area contributed by atoms with Gasteiger partial charge in [0.25, 0.3) is 0 Å². The van der Waals surface area contributed by atoms with Crippen LogP contribution in [0.4, 0.5) is 5.82 Å². The molecule has 0 amide bonds. The molecule has 2 rings (SSSR count). The first-order valence-corrected chi connectivity index (χ1v) is 7.58. The van der Waals surface area contributed by atoms with Crippen molar-refractivity contribution >= 4 is 5.82 Å². The Morgan fingerprint density at radius 1 is 1.43 bits per heavy atom. The lowest BCUT2D eigenvalue weighted by Gasteiger charge is -2.32. The van der Waals surface area contributed by atoms with Gasteiger partial charge in [-0.1, -0.05) is 6.07 Å². The zero-order valence-corrected chi connectivity index (χ0v) is 12.9. The molecule has 114 valence electrons. The third-order valence-electron chi connectivity index (χ3n) is 3.97. The van der Waals surface area contributed by atoms with Crippen LogP contribution in [0.5, 0.6) is 0 Å². The molecule has 5 nitrogen and oxygen atoms in total. The lowest BCUT2D eigenvalue weighted by atomic mass is 10.0. The van der Waals surface area contributed by atoms with Crippen molar-refractivity contribution in [2.24, 2.45) is 0 Å². The van der Waals surface area contributed by atoms with Crippen molar-refractivity contribution in [3.63, 3.8) is 0 Å². The molecule has 0 bridgehead atoms. The smallest absolute Gasteiger partial charge is 0.145 e. The van der Waals surface area contributed by atoms with Crippen molar-refractivity contribution in [3.05, 3.63) is 23.4 Å². The maximum absolute atomic E-state index is 9.03. The van der Waals surface area contributed by atoms with Crippen LogP contribution < -0.4 is 5.32 Å². The zero-order chi connectivity index (χ0) is 15.1. The number of nitriles is 1. The number of piperidine rings is 1. The number of hydrogen-bond donors (Lipinski definition) is 1. The molecule has 5 heteroatoms. The Morgan fingerprint density at radius 3 is 2.86 bits per heavy atom. The molecule has 0 radical (unpaired) electrons. The van der Waals surface area contributed by atoms with Gasteiger partial charge in [0.05, 0.1) is 0 Å². The largest absolute Gasteiger partial charge is 0.385 e. The van der Waals surface area contributed by atoms with Gasteiger partial charge in [0.15, 0.2) is 0 Å². The van der Waals surface area contributed by atoms with E-state index in [0.29, 0.717) is 11.7 Å². The SMILES string of the molecule is COCCCN1CCC(Nc2ccc(C)c(C#N)n2)CC1. The number of aromatic nitrogens is 1. The summed E-state index contributed by atoms with van der Waals surface area (Å²) >= 11 is 0. The van der Waals surface area contributed by atoms with E-state index in [1.165, 1.54) is 0 Å². The molecule has 0 unspecified atom stereocenters. The van der Waals surface area contributed by atoms with Crippen LogP contribution in [-0.2, 0) is 4.74 Å². The van der Waals surface area contributed by atoms with Crippen molar-refractivity contribution in [3.8, 4) is 6.07 Å². The molecular formula is C16H24N4O. The number of ether oxygens (including phenoxy) is 1. The van der Waals surface area contributed by atoms with Gasteiger partial charge in [-0.25, -0.2) is 4.98 Å². The average Bonchev–Trinajstić information content (AvgIpc) is 2.51. The van der Waals surface area contributed by atoms with Gasteiger partial charge in [-0.15, -0.1) is 0 Å². The highest BCUT2D eigenvalue weighted by Crippen LogP contribution is 2.17. The fourth-order valence-electron chi connectivity index (χ4n) is 2.66. The second-order valence-electron chi connectivity index (χ2n) is 5.58. The number of pyridine rings is 1. The summed E-state index contributed by atoms with van der Waals surface area (Å²) in [6.45, 7) is 6.08. The summed E-state index contributed by atoms with van der Waals surface area (Å²) in [4.78, 5) is 6.85. The number of methoxy groups -OCH3 is 1. The van der Waals surface area contributed by atoms with Crippen LogP contribution in [0.2, 0.25) is 0 Å². The quantitative estimate of drug-likeness (QED) is 0.813. The van der Waals surface area contributed by atoms with Gasteiger partial charge in [0, 0.05) is 39.4 Å². The first kappa shape index (κ1) is 15.7. The number of anilines is 1. The molecular weight excluding hydrogens is 264 g/mol. The van der Waals surface area contributed by atoms with Crippen molar-refractivity contribution in [1.82, 2.24) is 9.88 Å². The van der Waals surface area contributed by atoms with Crippen LogP contribution in [0.1, 0.15) is 30.5 Å². The minimum Gasteiger partial charge on any atom is -0.385 e. The van der Waals surface area contributed by atoms with Gasteiger partial charge in [0.1, 0.15) is 17.6 Å². The van der Waals surface area contributed by atoms with E-state index in [-0.39, 0.29) is 0 Å². The third-order valence-corrected chi connectivity index (χ3v) is 3.97. The van der Waals surface area contributed by atoms with Gasteiger partial charge in [0.2, 0.25) is 0 Å². The Morgan fingerprint density at radius 2 is 2.19 bits per heavy atom. The number of aryl methyl sites for hydroxylation is 1. The van der Waals surface area contributed by atoms with E-state index >= 15 is 0 Å². The van der Waals surface area contributed by atoms with E-state index < -0.39 is 0 Å². The first-order chi connectivity index (χ1) is 10.2. The van der Waals surface area contributed by atoms with E-state index in [4.69, 9.17) is 10.00 Å². The van der Waals surface area contributed by atoms with Crippen molar-refractivity contribution in [1.29, 1.82) is 5.26 Å². The minimum absolute atomic E-state index is 0.449. The standard InChI is InChI=1S/C16H24N4O/c1-13-4-5-16(19-15(13)12-17)18-14-6-9-20(10-7-14)8-3-11-21-2/h4-5,14H,3,6-11H2,1-2H3,(H,18,19). The highest BCUT2D eigenvalue weighted by molar-refractivity contribution is 5.43. The van der Waals surface area contributed by atoms with Crippen LogP contribution in [0.15, 0.2) is 12.1 Å². The summed E-state index contributed by atoms with van der Waals surface area (Å²) < 4.78 is 5.09. The summed E-state index contributed by atoms with van der Waals surface area (Å²) in [7, 11) is 1.75. The highest BCUT2D eigenvalue weighted by atomic mass is 16.5. The summed E-state index contributed by atoms with van der Waals surface area (Å²) in [5.74, 6) is 0.815. The molecule has 21 heavy (non-hydrogen) atoms. The van der Waals surface area contributed by atoms with E-state index in [2.05, 4.69) is 21.3 Å². The number of rotatable bonds is 6. The second kappa shape index (κ2) is 7.96. The Bertz CT molecular complexity index is 490. The molecule has 0 atom stereocenters. The van der Waals surface area contributed by atoms with E-state index in [0.717, 1.165) is 56.9 Å². The third kappa shape index (κ3) is 4.69. The fourth-order valence-corrected chi connectivity index (χ4v) is 2.66. The molecule has 0 aliphatic carbocycles. The van der Waals surface area contributed by atoms with Gasteiger partial charge in [-0.3, -0.25) is 0 Å². The molecule has 1 saturated heterocycles. The maximum atomic E-state index is 9.03. The predicted octanol–water partition coefficient (Wildman–Crippen LogP) is 2.17. The van der Waals surface area contributed by atoms with Crippen LogP contribution in [0.3, 0.4) is 0 Å². The molecule has 0 aromatic carbocycles. The number of nitrogens with one attached hydrogen (secondary N) is 1. The first-order valence-electron chi connectivity index (χ1n) is 7.58. The van der Waals surface area contributed by atoms with Gasteiger partial charge >= 0.3 is 0 Å². The normalized spacial score (nSPS) is 16.6. The van der Waals surface area contributed by atoms with Crippen LogP contribution >= 0.6 is 0 Å². The van der Waals surface area contributed by atoms with E-state index in [1.54, 1.807) is 7.11 Å².